The molecule has 98 valence electrons. The topological polar surface area (TPSA) is 89.8 Å². The third-order valence-electron chi connectivity index (χ3n) is 2.66. The molecule has 0 aliphatic carbocycles. The Labute approximate surface area is 109 Å². The van der Waals surface area contributed by atoms with E-state index in [-0.39, 0.29) is 22.7 Å². The van der Waals surface area contributed by atoms with Crippen LogP contribution >= 0.6 is 0 Å². The first-order chi connectivity index (χ1) is 8.99. The minimum atomic E-state index is -0.618. The second kappa shape index (κ2) is 4.89. The third kappa shape index (κ3) is 2.60. The highest BCUT2D eigenvalue weighted by Crippen LogP contribution is 2.30. The van der Waals surface area contributed by atoms with Crippen LogP contribution in [0.4, 0.5) is 5.69 Å². The maximum atomic E-state index is 11.9. The van der Waals surface area contributed by atoms with Crippen LogP contribution in [0.25, 0.3) is 0 Å². The maximum absolute atomic E-state index is 11.9. The fourth-order valence-corrected chi connectivity index (χ4v) is 1.65. The Hall–Kier alpha value is -2.69. The molecule has 1 amide bonds. The normalized spacial score (nSPS) is 10.2. The van der Waals surface area contributed by atoms with Crippen molar-refractivity contribution in [3.8, 4) is 17.2 Å². The van der Waals surface area contributed by atoms with Gasteiger partial charge in [-0.1, -0.05) is 12.1 Å². The summed E-state index contributed by atoms with van der Waals surface area (Å²) in [5.74, 6) is -1.55. The number of aryl methyl sites for hydroxylation is 1. The number of benzene rings is 2. The van der Waals surface area contributed by atoms with E-state index in [0.29, 0.717) is 0 Å². The van der Waals surface area contributed by atoms with Gasteiger partial charge in [0.25, 0.3) is 5.91 Å². The first-order valence-corrected chi connectivity index (χ1v) is 5.61. The zero-order chi connectivity index (χ0) is 14.0. The second-order valence-corrected chi connectivity index (χ2v) is 4.15. The molecular weight excluding hydrogens is 246 g/mol. The van der Waals surface area contributed by atoms with Crippen molar-refractivity contribution in [1.82, 2.24) is 0 Å². The fourth-order valence-electron chi connectivity index (χ4n) is 1.65. The van der Waals surface area contributed by atoms with Gasteiger partial charge in [-0.25, -0.2) is 0 Å². The second-order valence-electron chi connectivity index (χ2n) is 4.15. The molecule has 19 heavy (non-hydrogen) atoms. The molecule has 0 fully saturated rings. The number of hydrogen-bond donors (Lipinski definition) is 4. The van der Waals surface area contributed by atoms with E-state index in [9.17, 15) is 20.1 Å². The molecule has 0 radical (unpaired) electrons. The Kier molecular flexibility index (Phi) is 3.29. The summed E-state index contributed by atoms with van der Waals surface area (Å²) >= 11 is 0. The molecule has 2 aromatic carbocycles. The van der Waals surface area contributed by atoms with Crippen LogP contribution in [0.1, 0.15) is 15.9 Å². The van der Waals surface area contributed by atoms with Gasteiger partial charge >= 0.3 is 0 Å². The summed E-state index contributed by atoms with van der Waals surface area (Å²) in [5, 5.41) is 31.1. The Balaban J connectivity index is 2.28. The van der Waals surface area contributed by atoms with Crippen molar-refractivity contribution in [1.29, 1.82) is 0 Å². The van der Waals surface area contributed by atoms with Gasteiger partial charge in [0.1, 0.15) is 5.75 Å². The molecule has 0 aromatic heterocycles. The molecule has 0 aliphatic rings. The SMILES string of the molecule is Cc1ccc(NC(=O)c2cccc(O)c2O)c(O)c1. The number of rotatable bonds is 2. The molecule has 0 saturated carbocycles. The molecule has 0 bridgehead atoms. The zero-order valence-corrected chi connectivity index (χ0v) is 10.2. The van der Waals surface area contributed by atoms with Gasteiger partial charge in [0.05, 0.1) is 11.3 Å². The van der Waals surface area contributed by atoms with Crippen molar-refractivity contribution in [3.05, 3.63) is 47.5 Å². The van der Waals surface area contributed by atoms with Gasteiger partial charge in [0.2, 0.25) is 0 Å². The van der Waals surface area contributed by atoms with Crippen molar-refractivity contribution < 1.29 is 20.1 Å². The van der Waals surface area contributed by atoms with Crippen molar-refractivity contribution in [2.75, 3.05) is 5.32 Å². The summed E-state index contributed by atoms with van der Waals surface area (Å²) in [5.41, 5.74) is 1.02. The van der Waals surface area contributed by atoms with Crippen LogP contribution < -0.4 is 5.32 Å². The molecule has 5 nitrogen and oxygen atoms in total. The van der Waals surface area contributed by atoms with Gasteiger partial charge in [-0.05, 0) is 36.8 Å². The van der Waals surface area contributed by atoms with Gasteiger partial charge in [-0.3, -0.25) is 4.79 Å². The number of anilines is 1. The number of carbonyl (C=O) groups is 1. The summed E-state index contributed by atoms with van der Waals surface area (Å²) < 4.78 is 0. The number of phenolic OH excluding ortho intramolecular Hbond substituents is 3. The first kappa shape index (κ1) is 12.8. The number of nitrogens with one attached hydrogen (secondary N) is 1. The van der Waals surface area contributed by atoms with Gasteiger partial charge < -0.3 is 20.6 Å². The van der Waals surface area contributed by atoms with Gasteiger partial charge in [-0.15, -0.1) is 0 Å². The average Bonchev–Trinajstić information content (AvgIpc) is 2.36. The molecule has 2 aromatic rings. The molecule has 0 unspecified atom stereocenters. The van der Waals surface area contributed by atoms with Crippen molar-refractivity contribution in [2.24, 2.45) is 0 Å². The standard InChI is InChI=1S/C14H13NO4/c1-8-5-6-10(12(17)7-8)15-14(19)9-3-2-4-11(16)13(9)18/h2-7,16-18H,1H3,(H,15,19). The highest BCUT2D eigenvalue weighted by atomic mass is 16.3. The largest absolute Gasteiger partial charge is 0.506 e. The van der Waals surface area contributed by atoms with E-state index >= 15 is 0 Å². The van der Waals surface area contributed by atoms with Crippen LogP contribution in [0.15, 0.2) is 36.4 Å². The van der Waals surface area contributed by atoms with E-state index < -0.39 is 11.7 Å². The number of carbonyl (C=O) groups excluding carboxylic acids is 1. The molecule has 0 aliphatic heterocycles. The Morgan fingerprint density at radius 3 is 2.47 bits per heavy atom. The lowest BCUT2D eigenvalue weighted by Crippen LogP contribution is -2.12. The molecule has 0 atom stereocenters. The van der Waals surface area contributed by atoms with Crippen molar-refractivity contribution >= 4 is 11.6 Å². The summed E-state index contributed by atoms with van der Waals surface area (Å²) in [6.45, 7) is 1.81. The van der Waals surface area contributed by atoms with Crippen LogP contribution in [0, 0.1) is 6.92 Å². The minimum Gasteiger partial charge on any atom is -0.506 e. The molecule has 0 saturated heterocycles. The summed E-state index contributed by atoms with van der Waals surface area (Å²) in [6, 6.07) is 8.89. The summed E-state index contributed by atoms with van der Waals surface area (Å²) in [7, 11) is 0. The zero-order valence-electron chi connectivity index (χ0n) is 10.2. The highest BCUT2D eigenvalue weighted by molar-refractivity contribution is 6.07. The lowest BCUT2D eigenvalue weighted by Gasteiger charge is -2.09. The summed E-state index contributed by atoms with van der Waals surface area (Å²) in [6.07, 6.45) is 0. The quantitative estimate of drug-likeness (QED) is 0.623. The minimum absolute atomic E-state index is 0.0620. The fraction of sp³-hybridized carbons (Fsp3) is 0.0714. The van der Waals surface area contributed by atoms with E-state index in [4.69, 9.17) is 0 Å². The lowest BCUT2D eigenvalue weighted by atomic mass is 10.1. The number of amides is 1. The van der Waals surface area contributed by atoms with Crippen LogP contribution in [0.3, 0.4) is 0 Å². The molecule has 4 N–H and O–H groups in total. The Morgan fingerprint density at radius 1 is 1.05 bits per heavy atom. The number of para-hydroxylation sites is 1. The van der Waals surface area contributed by atoms with Crippen LogP contribution in [0.2, 0.25) is 0 Å². The van der Waals surface area contributed by atoms with E-state index in [2.05, 4.69) is 5.32 Å². The smallest absolute Gasteiger partial charge is 0.259 e. The molecule has 2 rings (SSSR count). The number of hydrogen-bond acceptors (Lipinski definition) is 4. The average molecular weight is 259 g/mol. The first-order valence-electron chi connectivity index (χ1n) is 5.61. The molecule has 0 heterocycles. The Morgan fingerprint density at radius 2 is 1.79 bits per heavy atom. The van der Waals surface area contributed by atoms with Gasteiger partial charge in [0, 0.05) is 0 Å². The number of phenols is 3. The monoisotopic (exact) mass is 259 g/mol. The van der Waals surface area contributed by atoms with E-state index in [1.54, 1.807) is 12.1 Å². The number of aromatic hydroxyl groups is 3. The Bertz CT molecular complexity index is 637. The van der Waals surface area contributed by atoms with Crippen molar-refractivity contribution in [3.63, 3.8) is 0 Å². The summed E-state index contributed by atoms with van der Waals surface area (Å²) in [4.78, 5) is 11.9. The van der Waals surface area contributed by atoms with Crippen LogP contribution in [0.5, 0.6) is 17.2 Å². The van der Waals surface area contributed by atoms with Gasteiger partial charge in [-0.2, -0.15) is 0 Å². The highest BCUT2D eigenvalue weighted by Gasteiger charge is 2.15. The predicted molar refractivity (Wildman–Crippen MR) is 70.6 cm³/mol. The van der Waals surface area contributed by atoms with Crippen LogP contribution in [-0.4, -0.2) is 21.2 Å². The van der Waals surface area contributed by atoms with E-state index in [1.165, 1.54) is 24.3 Å². The van der Waals surface area contributed by atoms with E-state index in [1.807, 2.05) is 6.92 Å². The maximum Gasteiger partial charge on any atom is 0.259 e. The van der Waals surface area contributed by atoms with Gasteiger partial charge in [0.15, 0.2) is 11.5 Å². The van der Waals surface area contributed by atoms with Crippen molar-refractivity contribution in [2.45, 2.75) is 6.92 Å². The molecule has 5 heteroatoms. The predicted octanol–water partition coefficient (Wildman–Crippen LogP) is 2.36. The molecular formula is C14H13NO4. The molecule has 0 spiro atoms. The lowest BCUT2D eigenvalue weighted by molar-refractivity contribution is 0.102. The van der Waals surface area contributed by atoms with E-state index in [0.717, 1.165) is 5.56 Å². The third-order valence-corrected chi connectivity index (χ3v) is 2.66. The van der Waals surface area contributed by atoms with Crippen LogP contribution in [-0.2, 0) is 0 Å².